The number of hydrogen-bond donors (Lipinski definition) is 1. The number of ether oxygens (including phenoxy) is 1. The Morgan fingerprint density at radius 2 is 1.69 bits per heavy atom. The van der Waals surface area contributed by atoms with Crippen molar-refractivity contribution in [1.29, 1.82) is 0 Å². The predicted octanol–water partition coefficient (Wildman–Crippen LogP) is 2.74. The summed E-state index contributed by atoms with van der Waals surface area (Å²) < 4.78 is 5.70. The van der Waals surface area contributed by atoms with E-state index in [0.29, 0.717) is 6.61 Å². The average molecular weight is 188 g/mol. The van der Waals surface area contributed by atoms with Gasteiger partial charge in [-0.2, -0.15) is 0 Å². The lowest BCUT2D eigenvalue weighted by atomic mass is 10.1. The van der Waals surface area contributed by atoms with Crippen molar-refractivity contribution in [2.75, 3.05) is 13.2 Å². The zero-order valence-corrected chi connectivity index (χ0v) is 9.31. The van der Waals surface area contributed by atoms with Crippen molar-refractivity contribution in [2.24, 2.45) is 0 Å². The van der Waals surface area contributed by atoms with E-state index in [4.69, 9.17) is 9.84 Å². The molecule has 0 amide bonds. The normalized spacial score (nSPS) is 12.0. The minimum Gasteiger partial charge on any atom is -0.396 e. The van der Waals surface area contributed by atoms with Gasteiger partial charge in [-0.05, 0) is 33.1 Å². The minimum atomic E-state index is 0.0387. The molecule has 0 unspecified atom stereocenters. The third-order valence-corrected chi connectivity index (χ3v) is 2.40. The summed E-state index contributed by atoms with van der Waals surface area (Å²) in [5.74, 6) is 0. The Morgan fingerprint density at radius 1 is 1.08 bits per heavy atom. The Kier molecular flexibility index (Phi) is 7.29. The molecule has 0 saturated heterocycles. The van der Waals surface area contributed by atoms with Gasteiger partial charge in [0.2, 0.25) is 0 Å². The first-order valence-electron chi connectivity index (χ1n) is 5.37. The molecule has 2 nitrogen and oxygen atoms in total. The highest BCUT2D eigenvalue weighted by Gasteiger charge is 2.13. The van der Waals surface area contributed by atoms with Crippen LogP contribution in [0, 0.1) is 0 Å². The molecule has 0 radical (unpaired) electrons. The summed E-state index contributed by atoms with van der Waals surface area (Å²) in [5.41, 5.74) is 0.0387. The number of aliphatic hydroxyl groups is 1. The van der Waals surface area contributed by atoms with Crippen LogP contribution in [0.2, 0.25) is 0 Å². The van der Waals surface area contributed by atoms with Gasteiger partial charge < -0.3 is 9.84 Å². The van der Waals surface area contributed by atoms with E-state index >= 15 is 0 Å². The topological polar surface area (TPSA) is 29.5 Å². The molecule has 0 aromatic rings. The van der Waals surface area contributed by atoms with Crippen LogP contribution in [0.25, 0.3) is 0 Å². The summed E-state index contributed by atoms with van der Waals surface area (Å²) in [5, 5.41) is 8.56. The van der Waals surface area contributed by atoms with Crippen molar-refractivity contribution < 1.29 is 9.84 Å². The van der Waals surface area contributed by atoms with E-state index < -0.39 is 0 Å². The summed E-state index contributed by atoms with van der Waals surface area (Å²) in [4.78, 5) is 0. The van der Waals surface area contributed by atoms with Gasteiger partial charge in [0.05, 0.1) is 5.60 Å². The van der Waals surface area contributed by atoms with Gasteiger partial charge in [-0.25, -0.2) is 0 Å². The fraction of sp³-hybridized carbons (Fsp3) is 1.00. The molecule has 0 spiro atoms. The van der Waals surface area contributed by atoms with Gasteiger partial charge in [0.25, 0.3) is 0 Å². The molecule has 0 fully saturated rings. The molecule has 0 aliphatic carbocycles. The van der Waals surface area contributed by atoms with Crippen LogP contribution in [0.3, 0.4) is 0 Å². The van der Waals surface area contributed by atoms with E-state index in [9.17, 15) is 0 Å². The van der Waals surface area contributed by atoms with Gasteiger partial charge in [-0.15, -0.1) is 0 Å². The van der Waals surface area contributed by atoms with Crippen LogP contribution in [-0.2, 0) is 4.74 Å². The lowest BCUT2D eigenvalue weighted by Crippen LogP contribution is -2.23. The molecule has 13 heavy (non-hydrogen) atoms. The monoisotopic (exact) mass is 188 g/mol. The number of unbranched alkanes of at least 4 members (excludes halogenated alkanes) is 3. The molecule has 80 valence electrons. The lowest BCUT2D eigenvalue weighted by molar-refractivity contribution is -0.0217. The maximum Gasteiger partial charge on any atom is 0.0623 e. The molecule has 0 bridgehead atoms. The molecule has 0 heterocycles. The Morgan fingerprint density at radius 3 is 2.23 bits per heavy atom. The van der Waals surface area contributed by atoms with Crippen LogP contribution >= 0.6 is 0 Å². The van der Waals surface area contributed by atoms with E-state index in [-0.39, 0.29) is 5.60 Å². The summed E-state index contributed by atoms with van der Waals surface area (Å²) in [7, 11) is 0. The zero-order chi connectivity index (χ0) is 10.2. The van der Waals surface area contributed by atoms with Crippen molar-refractivity contribution in [1.82, 2.24) is 0 Å². The Balaban J connectivity index is 3.16. The number of rotatable bonds is 8. The second kappa shape index (κ2) is 7.34. The van der Waals surface area contributed by atoms with E-state index in [2.05, 4.69) is 20.8 Å². The average Bonchev–Trinajstić information content (AvgIpc) is 2.11. The minimum absolute atomic E-state index is 0.0387. The first-order valence-corrected chi connectivity index (χ1v) is 5.37. The smallest absolute Gasteiger partial charge is 0.0623 e. The second-order valence-corrected chi connectivity index (χ2v) is 4.10. The molecule has 0 aromatic carbocycles. The molecule has 0 aliphatic heterocycles. The molecule has 0 rings (SSSR count). The standard InChI is InChI=1S/C11H24O2/c1-4-11(2,3)13-10-8-6-5-7-9-12/h12H,4-10H2,1-3H3. The van der Waals surface area contributed by atoms with E-state index in [1.54, 1.807) is 0 Å². The Hall–Kier alpha value is -0.0800. The predicted molar refractivity (Wildman–Crippen MR) is 55.9 cm³/mol. The summed E-state index contributed by atoms with van der Waals surface area (Å²) >= 11 is 0. The van der Waals surface area contributed by atoms with Gasteiger partial charge >= 0.3 is 0 Å². The van der Waals surface area contributed by atoms with Crippen molar-refractivity contribution in [3.8, 4) is 0 Å². The zero-order valence-electron chi connectivity index (χ0n) is 9.31. The Bertz CT molecular complexity index is 111. The summed E-state index contributed by atoms with van der Waals surface area (Å²) in [6, 6.07) is 0. The summed E-state index contributed by atoms with van der Waals surface area (Å²) in [6.07, 6.45) is 5.39. The highest BCUT2D eigenvalue weighted by molar-refractivity contribution is 4.64. The van der Waals surface area contributed by atoms with Crippen LogP contribution in [0.4, 0.5) is 0 Å². The highest BCUT2D eigenvalue weighted by atomic mass is 16.5. The molecule has 0 aromatic heterocycles. The Labute approximate surface area is 82.3 Å². The van der Waals surface area contributed by atoms with Crippen LogP contribution in [0.1, 0.15) is 52.9 Å². The van der Waals surface area contributed by atoms with Crippen molar-refractivity contribution in [2.45, 2.75) is 58.5 Å². The molecule has 0 atom stereocenters. The maximum absolute atomic E-state index is 8.56. The van der Waals surface area contributed by atoms with Crippen LogP contribution in [0.5, 0.6) is 0 Å². The first-order chi connectivity index (χ1) is 6.12. The van der Waals surface area contributed by atoms with Gasteiger partial charge in [0, 0.05) is 13.2 Å². The molecular weight excluding hydrogens is 164 g/mol. The van der Waals surface area contributed by atoms with Crippen LogP contribution < -0.4 is 0 Å². The molecule has 2 heteroatoms. The SMILES string of the molecule is CCC(C)(C)OCCCCCCO. The third kappa shape index (κ3) is 8.26. The summed E-state index contributed by atoms with van der Waals surface area (Å²) in [6.45, 7) is 7.57. The third-order valence-electron chi connectivity index (χ3n) is 2.40. The molecule has 0 aliphatic rings. The van der Waals surface area contributed by atoms with Gasteiger partial charge in [-0.1, -0.05) is 19.8 Å². The van der Waals surface area contributed by atoms with Crippen molar-refractivity contribution in [3.05, 3.63) is 0 Å². The van der Waals surface area contributed by atoms with Crippen LogP contribution in [0.15, 0.2) is 0 Å². The van der Waals surface area contributed by atoms with Gasteiger partial charge in [0.1, 0.15) is 0 Å². The molecular formula is C11H24O2. The van der Waals surface area contributed by atoms with E-state index in [1.807, 2.05) is 0 Å². The second-order valence-electron chi connectivity index (χ2n) is 4.10. The van der Waals surface area contributed by atoms with Crippen molar-refractivity contribution >= 4 is 0 Å². The molecule has 1 N–H and O–H groups in total. The number of hydrogen-bond acceptors (Lipinski definition) is 2. The quantitative estimate of drug-likeness (QED) is 0.593. The van der Waals surface area contributed by atoms with E-state index in [1.165, 1.54) is 6.42 Å². The fourth-order valence-electron chi connectivity index (χ4n) is 1.02. The van der Waals surface area contributed by atoms with Gasteiger partial charge in [0.15, 0.2) is 0 Å². The maximum atomic E-state index is 8.56. The van der Waals surface area contributed by atoms with Crippen LogP contribution in [-0.4, -0.2) is 23.9 Å². The largest absolute Gasteiger partial charge is 0.396 e. The van der Waals surface area contributed by atoms with Crippen molar-refractivity contribution in [3.63, 3.8) is 0 Å². The highest BCUT2D eigenvalue weighted by Crippen LogP contribution is 2.14. The first kappa shape index (κ1) is 12.9. The molecule has 0 saturated carbocycles. The fourth-order valence-corrected chi connectivity index (χ4v) is 1.02. The number of aliphatic hydroxyl groups excluding tert-OH is 1. The van der Waals surface area contributed by atoms with Gasteiger partial charge in [-0.3, -0.25) is 0 Å². The lowest BCUT2D eigenvalue weighted by Gasteiger charge is -2.23. The van der Waals surface area contributed by atoms with E-state index in [0.717, 1.165) is 32.3 Å².